The van der Waals surface area contributed by atoms with Gasteiger partial charge in [-0.3, -0.25) is 9.59 Å². The summed E-state index contributed by atoms with van der Waals surface area (Å²) < 4.78 is 6.70. The Bertz CT molecular complexity index is 2940. The maximum absolute atomic E-state index is 14.0. The van der Waals surface area contributed by atoms with Crippen LogP contribution in [0.1, 0.15) is 113 Å². The lowest BCUT2D eigenvalue weighted by Gasteiger charge is -2.30. The van der Waals surface area contributed by atoms with Crippen molar-refractivity contribution in [2.45, 2.75) is 111 Å². The molecule has 0 amide bonds. The molecule has 0 radical (unpaired) electrons. The number of benzene rings is 4. The molecule has 0 saturated carbocycles. The number of para-hydroxylation sites is 2. The quantitative estimate of drug-likeness (QED) is 0.0466. The molecule has 66 heavy (non-hydrogen) atoms. The number of rotatable bonds is 20. The van der Waals surface area contributed by atoms with Gasteiger partial charge in [-0.25, -0.2) is 0 Å². The van der Waals surface area contributed by atoms with E-state index in [0.717, 1.165) is 152 Å². The van der Waals surface area contributed by atoms with Crippen LogP contribution in [-0.2, 0) is 29.2 Å². The maximum Gasteiger partial charge on any atom is 0.212 e. The zero-order valence-electron chi connectivity index (χ0n) is 38.3. The van der Waals surface area contributed by atoms with Gasteiger partial charge in [0.05, 0.1) is 0 Å². The summed E-state index contributed by atoms with van der Waals surface area (Å²) in [6.07, 6.45) is 15.9. The second-order valence-electron chi connectivity index (χ2n) is 18.0. The van der Waals surface area contributed by atoms with Crippen LogP contribution >= 0.6 is 0 Å². The first-order chi connectivity index (χ1) is 32.3. The van der Waals surface area contributed by atoms with Gasteiger partial charge in [-0.2, -0.15) is 9.13 Å². The van der Waals surface area contributed by atoms with Gasteiger partial charge >= 0.3 is 0 Å². The molecule has 7 aromatic rings. The molecule has 2 aliphatic carbocycles. The number of carbonyl (C=O) groups is 2. The van der Waals surface area contributed by atoms with Gasteiger partial charge in [0.25, 0.3) is 0 Å². The summed E-state index contributed by atoms with van der Waals surface area (Å²) in [4.78, 5) is 28.1. The number of pyridine rings is 2. The van der Waals surface area contributed by atoms with E-state index in [1.165, 1.54) is 0 Å². The first-order valence-electron chi connectivity index (χ1n) is 24.2. The smallest absolute Gasteiger partial charge is 0.212 e. The van der Waals surface area contributed by atoms with E-state index in [1.807, 2.05) is 84.9 Å². The number of Topliss-reactive ketones (excluding diaryl/α,β-unsaturated/α-hetero) is 2. The van der Waals surface area contributed by atoms with E-state index in [1.54, 1.807) is 12.2 Å². The Kier molecular flexibility index (Phi) is 13.4. The Morgan fingerprint density at radius 2 is 0.985 bits per heavy atom. The molecular formula is C58H59N3O5. The Morgan fingerprint density at radius 3 is 1.44 bits per heavy atom. The first-order valence-corrected chi connectivity index (χ1v) is 24.2. The van der Waals surface area contributed by atoms with E-state index in [0.29, 0.717) is 11.1 Å². The zero-order chi connectivity index (χ0) is 45.7. The summed E-state index contributed by atoms with van der Waals surface area (Å²) in [5.74, 6) is -1.08. The van der Waals surface area contributed by atoms with Gasteiger partial charge in [-0.1, -0.05) is 100 Å². The highest BCUT2D eigenvalue weighted by Gasteiger charge is 2.32. The van der Waals surface area contributed by atoms with Gasteiger partial charge < -0.3 is 19.9 Å². The van der Waals surface area contributed by atoms with Crippen LogP contribution < -0.4 is 19.3 Å². The molecule has 2 aliphatic rings. The number of carbonyl (C=O) groups excluding carboxylic acids is 2. The van der Waals surface area contributed by atoms with Crippen LogP contribution in [0.2, 0.25) is 0 Å². The van der Waals surface area contributed by atoms with Gasteiger partial charge in [0.15, 0.2) is 11.6 Å². The highest BCUT2D eigenvalue weighted by Crippen LogP contribution is 2.41. The normalized spacial score (nSPS) is 15.4. The topological polar surface area (TPSA) is 113 Å². The van der Waals surface area contributed by atoms with Gasteiger partial charge in [-0.05, 0) is 85.3 Å². The van der Waals surface area contributed by atoms with Crippen molar-refractivity contribution in [3.63, 3.8) is 0 Å². The number of aromatic nitrogens is 3. The molecule has 0 fully saturated rings. The van der Waals surface area contributed by atoms with Crippen molar-refractivity contribution in [3.8, 4) is 0 Å². The van der Waals surface area contributed by atoms with Crippen molar-refractivity contribution in [1.29, 1.82) is 0 Å². The number of aliphatic hydroxyl groups excluding tert-OH is 1. The predicted molar refractivity (Wildman–Crippen MR) is 261 cm³/mol. The molecule has 0 spiro atoms. The molecule has 0 aliphatic heterocycles. The van der Waals surface area contributed by atoms with E-state index in [-0.39, 0.29) is 52.0 Å². The average molecular weight is 878 g/mol. The van der Waals surface area contributed by atoms with E-state index in [4.69, 9.17) is 0 Å². The van der Waals surface area contributed by atoms with Gasteiger partial charge in [0.1, 0.15) is 13.1 Å². The summed E-state index contributed by atoms with van der Waals surface area (Å²) in [7, 11) is 0. The summed E-state index contributed by atoms with van der Waals surface area (Å²) >= 11 is 0. The van der Waals surface area contributed by atoms with Crippen molar-refractivity contribution in [2.24, 2.45) is 0 Å². The minimum atomic E-state index is -0.271. The SMILES string of the molecule is CCCCCC[n+]1c(/C=C2\C(=O)C(c3ccc4c(c3)c3cc(C5=C([O-])/C(=C\c6ccc7ccccc7[n+]6CCCCCC)C5=O)ccc3n4CCCCCCO)=C2[O-])ccc2ccccc21. The van der Waals surface area contributed by atoms with Gasteiger partial charge in [-0.15, -0.1) is 0 Å². The zero-order valence-corrected chi connectivity index (χ0v) is 38.3. The molecule has 3 aromatic heterocycles. The number of aryl methyl sites for hydroxylation is 3. The number of nitrogens with zero attached hydrogens (tertiary/aromatic N) is 3. The van der Waals surface area contributed by atoms with Crippen molar-refractivity contribution in [2.75, 3.05) is 6.61 Å². The highest BCUT2D eigenvalue weighted by atomic mass is 16.3. The summed E-state index contributed by atoms with van der Waals surface area (Å²) in [6, 6.07) is 36.1. The van der Waals surface area contributed by atoms with Crippen molar-refractivity contribution >= 4 is 78.5 Å². The van der Waals surface area contributed by atoms with Crippen LogP contribution in [0.15, 0.2) is 132 Å². The Morgan fingerprint density at radius 1 is 0.530 bits per heavy atom. The number of aliphatic hydroxyl groups is 1. The van der Waals surface area contributed by atoms with E-state index >= 15 is 0 Å². The van der Waals surface area contributed by atoms with E-state index in [2.05, 4.69) is 51.8 Å². The Hall–Kier alpha value is -6.64. The number of ketones is 2. The second kappa shape index (κ2) is 19.8. The third-order valence-electron chi connectivity index (χ3n) is 13.6. The standard InChI is InChI=1S/C58H59N3O5/c1-3-5-7-15-31-59-43(27-23-39-19-11-13-21-49(39)59)37-47-55(63)53(56(47)64)41-25-29-51-45(35-41)46-36-42(26-30-52(46)61(51)33-17-9-10-18-34-62)54-57(65)48(58(54)66)38-44-28-24-40-20-12-14-22-50(40)60(44)32-16-8-6-4-2/h11-14,19-30,35-38,62H,3-10,15-18,31-34H2,1-2H3. The lowest BCUT2D eigenvalue weighted by molar-refractivity contribution is -0.673. The van der Waals surface area contributed by atoms with Crippen LogP contribution in [0.3, 0.4) is 0 Å². The van der Waals surface area contributed by atoms with Crippen LogP contribution in [-0.4, -0.2) is 27.8 Å². The predicted octanol–water partition coefficient (Wildman–Crippen LogP) is 9.86. The molecule has 9 rings (SSSR count). The third kappa shape index (κ3) is 8.51. The third-order valence-corrected chi connectivity index (χ3v) is 13.6. The van der Waals surface area contributed by atoms with Gasteiger partial charge in [0.2, 0.25) is 22.4 Å². The number of hydrogen-bond donors (Lipinski definition) is 1. The van der Waals surface area contributed by atoms with E-state index in [9.17, 15) is 24.9 Å². The van der Waals surface area contributed by atoms with Gasteiger partial charge in [0, 0.05) is 117 Å². The number of allylic oxidation sites excluding steroid dienone is 4. The fourth-order valence-corrected chi connectivity index (χ4v) is 10.0. The first kappa shape index (κ1) is 44.6. The highest BCUT2D eigenvalue weighted by molar-refractivity contribution is 6.41. The molecule has 3 heterocycles. The van der Waals surface area contributed by atoms with Crippen LogP contribution in [0, 0.1) is 0 Å². The van der Waals surface area contributed by atoms with Crippen molar-refractivity contribution in [3.05, 3.63) is 154 Å². The summed E-state index contributed by atoms with van der Waals surface area (Å²) in [6.45, 7) is 6.87. The monoisotopic (exact) mass is 877 g/mol. The minimum absolute atomic E-state index is 0.171. The lowest BCUT2D eigenvalue weighted by Crippen LogP contribution is -2.39. The van der Waals surface area contributed by atoms with Crippen molar-refractivity contribution < 1.29 is 34.0 Å². The van der Waals surface area contributed by atoms with Crippen molar-refractivity contribution in [1.82, 2.24) is 4.57 Å². The molecule has 0 atom stereocenters. The number of unbranched alkanes of at least 4 members (excludes halogenated alkanes) is 9. The van der Waals surface area contributed by atoms with E-state index < -0.39 is 0 Å². The number of fused-ring (bicyclic) bond motifs is 5. The molecule has 336 valence electrons. The number of hydrogen-bond acceptors (Lipinski definition) is 5. The molecule has 1 N–H and O–H groups in total. The minimum Gasteiger partial charge on any atom is -0.871 e. The molecule has 4 aromatic carbocycles. The second-order valence-corrected chi connectivity index (χ2v) is 18.0. The average Bonchev–Trinajstić information content (AvgIpc) is 3.64. The molecule has 0 bridgehead atoms. The lowest BCUT2D eigenvalue weighted by atomic mass is 9.82. The fraction of sp³-hybridized carbons (Fsp3) is 0.310. The maximum atomic E-state index is 14.0. The summed E-state index contributed by atoms with van der Waals surface area (Å²) in [5.41, 5.74) is 7.52. The van der Waals surface area contributed by atoms with Crippen LogP contribution in [0.5, 0.6) is 0 Å². The molecular weight excluding hydrogens is 819 g/mol. The molecule has 8 nitrogen and oxygen atoms in total. The molecule has 8 heteroatoms. The Balaban J connectivity index is 1.08. The molecule has 0 unspecified atom stereocenters. The fourth-order valence-electron chi connectivity index (χ4n) is 10.0. The van der Waals surface area contributed by atoms with Crippen LogP contribution in [0.25, 0.3) is 66.9 Å². The summed E-state index contributed by atoms with van der Waals surface area (Å²) in [5, 5.41) is 41.3. The largest absolute Gasteiger partial charge is 0.871 e. The molecule has 0 saturated heterocycles. The van der Waals surface area contributed by atoms with Crippen LogP contribution in [0.4, 0.5) is 0 Å². The Labute approximate surface area is 387 Å².